The number of rotatable bonds is 4. The molecule has 0 radical (unpaired) electrons. The van der Waals surface area contributed by atoms with Crippen LogP contribution in [0.15, 0.2) is 30.3 Å². The average molecular weight is 246 g/mol. The summed E-state index contributed by atoms with van der Waals surface area (Å²) in [6, 6.07) is 7.29. The smallest absolute Gasteiger partial charge is 0.402 e. The molecule has 1 aromatic rings. The zero-order valence-electron chi connectivity index (χ0n) is 8.57. The average Bonchev–Trinajstić information content (AvgIpc) is 2.24. The minimum absolute atomic E-state index is 0.0722. The highest BCUT2D eigenvalue weighted by atomic mass is 19.4. The summed E-state index contributed by atoms with van der Waals surface area (Å²) in [4.78, 5) is 21.9. The van der Waals surface area contributed by atoms with Crippen molar-refractivity contribution in [1.29, 1.82) is 0 Å². The van der Waals surface area contributed by atoms with Gasteiger partial charge in [-0.1, -0.05) is 30.3 Å². The van der Waals surface area contributed by atoms with E-state index in [9.17, 15) is 22.8 Å². The van der Waals surface area contributed by atoms with Crippen molar-refractivity contribution in [3.63, 3.8) is 0 Å². The van der Waals surface area contributed by atoms with Crippen molar-refractivity contribution in [3.05, 3.63) is 35.9 Å². The Labute approximate surface area is 94.9 Å². The molecule has 0 aliphatic heterocycles. The van der Waals surface area contributed by atoms with Crippen LogP contribution in [0.25, 0.3) is 0 Å². The summed E-state index contributed by atoms with van der Waals surface area (Å²) in [5.74, 6) is -5.53. The van der Waals surface area contributed by atoms with Crippen LogP contribution in [0.1, 0.15) is 16.8 Å². The predicted octanol–water partition coefficient (Wildman–Crippen LogP) is 2.52. The lowest BCUT2D eigenvalue weighted by atomic mass is 9.98. The molecule has 0 aliphatic rings. The quantitative estimate of drug-likeness (QED) is 0.830. The Hall–Kier alpha value is -1.85. The molecule has 1 rings (SSSR count). The third kappa shape index (κ3) is 3.58. The third-order valence-corrected chi connectivity index (χ3v) is 2.18. The van der Waals surface area contributed by atoms with E-state index < -0.39 is 30.3 Å². The molecule has 17 heavy (non-hydrogen) atoms. The second-order valence-electron chi connectivity index (χ2n) is 3.43. The van der Waals surface area contributed by atoms with Crippen LogP contribution in [-0.2, 0) is 4.79 Å². The van der Waals surface area contributed by atoms with Crippen LogP contribution in [0.4, 0.5) is 13.2 Å². The fourth-order valence-corrected chi connectivity index (χ4v) is 1.27. The number of Topliss-reactive ketones (excluding diaryl/α,β-unsaturated/α-hetero) is 1. The first-order valence-electron chi connectivity index (χ1n) is 4.70. The summed E-state index contributed by atoms with van der Waals surface area (Å²) in [7, 11) is 0. The molecule has 1 N–H and O–H groups in total. The maximum Gasteiger partial charge on any atom is 0.402 e. The second kappa shape index (κ2) is 4.99. The van der Waals surface area contributed by atoms with Gasteiger partial charge in [0.1, 0.15) is 0 Å². The van der Waals surface area contributed by atoms with Crippen molar-refractivity contribution in [1.82, 2.24) is 0 Å². The molecule has 0 heterocycles. The van der Waals surface area contributed by atoms with Gasteiger partial charge in [-0.2, -0.15) is 13.2 Å². The molecule has 0 saturated carbocycles. The van der Waals surface area contributed by atoms with E-state index in [1.807, 2.05) is 0 Å². The van der Waals surface area contributed by atoms with Crippen LogP contribution in [0.3, 0.4) is 0 Å². The Morgan fingerprint density at radius 2 is 1.71 bits per heavy atom. The van der Waals surface area contributed by atoms with Crippen LogP contribution < -0.4 is 0 Å². The number of alkyl halides is 3. The van der Waals surface area contributed by atoms with Gasteiger partial charge in [0.05, 0.1) is 0 Å². The summed E-state index contributed by atoms with van der Waals surface area (Å²) < 4.78 is 36.9. The lowest BCUT2D eigenvalue weighted by Gasteiger charge is -2.14. The SMILES string of the molecule is O=C(CC(C(=O)O)C(F)(F)F)c1ccccc1. The van der Waals surface area contributed by atoms with Gasteiger partial charge in [0.15, 0.2) is 11.7 Å². The molecular formula is C11H9F3O3. The Morgan fingerprint density at radius 3 is 2.12 bits per heavy atom. The van der Waals surface area contributed by atoms with Gasteiger partial charge in [-0.15, -0.1) is 0 Å². The molecule has 0 aromatic heterocycles. The first-order chi connectivity index (χ1) is 7.82. The Bertz CT molecular complexity index is 412. The number of carbonyl (C=O) groups is 2. The van der Waals surface area contributed by atoms with Gasteiger partial charge in [0.2, 0.25) is 0 Å². The molecule has 0 bridgehead atoms. The van der Waals surface area contributed by atoms with Crippen molar-refractivity contribution in [2.75, 3.05) is 0 Å². The Morgan fingerprint density at radius 1 is 1.18 bits per heavy atom. The number of carboxylic acids is 1. The molecule has 1 aromatic carbocycles. The highest BCUT2D eigenvalue weighted by Crippen LogP contribution is 2.30. The number of hydrogen-bond donors (Lipinski definition) is 1. The number of hydrogen-bond acceptors (Lipinski definition) is 2. The minimum atomic E-state index is -4.92. The predicted molar refractivity (Wildman–Crippen MR) is 52.6 cm³/mol. The van der Waals surface area contributed by atoms with Crippen molar-refractivity contribution in [2.24, 2.45) is 5.92 Å². The fraction of sp³-hybridized carbons (Fsp3) is 0.273. The van der Waals surface area contributed by atoms with Gasteiger partial charge in [-0.25, -0.2) is 0 Å². The first kappa shape index (κ1) is 13.2. The van der Waals surface area contributed by atoms with E-state index in [0.717, 1.165) is 0 Å². The van der Waals surface area contributed by atoms with Crippen molar-refractivity contribution in [3.8, 4) is 0 Å². The third-order valence-electron chi connectivity index (χ3n) is 2.18. The summed E-state index contributed by atoms with van der Waals surface area (Å²) in [5.41, 5.74) is 0.0722. The number of benzene rings is 1. The maximum absolute atomic E-state index is 12.3. The van der Waals surface area contributed by atoms with Crippen molar-refractivity contribution in [2.45, 2.75) is 12.6 Å². The molecule has 6 heteroatoms. The van der Waals surface area contributed by atoms with E-state index in [2.05, 4.69) is 0 Å². The van der Waals surface area contributed by atoms with Gasteiger partial charge >= 0.3 is 12.1 Å². The summed E-state index contributed by atoms with van der Waals surface area (Å²) in [6.45, 7) is 0. The number of halogens is 3. The topological polar surface area (TPSA) is 54.4 Å². The largest absolute Gasteiger partial charge is 0.481 e. The van der Waals surface area contributed by atoms with Gasteiger partial charge in [0, 0.05) is 12.0 Å². The molecule has 1 atom stereocenters. The van der Waals surface area contributed by atoms with E-state index in [1.54, 1.807) is 6.07 Å². The Balaban J connectivity index is 2.83. The Kier molecular flexibility index (Phi) is 3.88. The molecule has 3 nitrogen and oxygen atoms in total. The summed E-state index contributed by atoms with van der Waals surface area (Å²) >= 11 is 0. The van der Waals surface area contributed by atoms with Crippen LogP contribution in [-0.4, -0.2) is 23.0 Å². The highest BCUT2D eigenvalue weighted by molar-refractivity contribution is 5.98. The van der Waals surface area contributed by atoms with Crippen molar-refractivity contribution >= 4 is 11.8 Å². The van der Waals surface area contributed by atoms with Crippen LogP contribution in [0, 0.1) is 5.92 Å². The zero-order valence-corrected chi connectivity index (χ0v) is 8.57. The highest BCUT2D eigenvalue weighted by Gasteiger charge is 2.46. The molecule has 92 valence electrons. The van der Waals surface area contributed by atoms with Crippen molar-refractivity contribution < 1.29 is 27.9 Å². The second-order valence-corrected chi connectivity index (χ2v) is 3.43. The number of carbonyl (C=O) groups excluding carboxylic acids is 1. The number of aliphatic carboxylic acids is 1. The molecule has 0 saturated heterocycles. The number of carboxylic acid groups (broad SMARTS) is 1. The minimum Gasteiger partial charge on any atom is -0.481 e. The van der Waals surface area contributed by atoms with E-state index in [-0.39, 0.29) is 5.56 Å². The number of ketones is 1. The molecular weight excluding hydrogens is 237 g/mol. The molecule has 0 spiro atoms. The van der Waals surface area contributed by atoms with E-state index in [4.69, 9.17) is 5.11 Å². The van der Waals surface area contributed by atoms with Crippen LogP contribution >= 0.6 is 0 Å². The van der Waals surface area contributed by atoms with Gasteiger partial charge in [-0.05, 0) is 0 Å². The molecule has 0 aliphatic carbocycles. The molecule has 1 unspecified atom stereocenters. The lowest BCUT2D eigenvalue weighted by molar-refractivity contribution is -0.192. The van der Waals surface area contributed by atoms with Gasteiger partial charge in [0.25, 0.3) is 0 Å². The van der Waals surface area contributed by atoms with E-state index in [0.29, 0.717) is 0 Å². The van der Waals surface area contributed by atoms with Gasteiger partial charge < -0.3 is 5.11 Å². The lowest BCUT2D eigenvalue weighted by Crippen LogP contribution is -2.32. The van der Waals surface area contributed by atoms with Crippen LogP contribution in [0.2, 0.25) is 0 Å². The van der Waals surface area contributed by atoms with Gasteiger partial charge in [-0.3, -0.25) is 9.59 Å². The monoisotopic (exact) mass is 246 g/mol. The molecule has 0 amide bonds. The molecule has 0 fully saturated rings. The zero-order chi connectivity index (χ0) is 13.1. The standard InChI is InChI=1S/C11H9F3O3/c12-11(13,14)8(10(16)17)6-9(15)7-4-2-1-3-5-7/h1-5,8H,6H2,(H,16,17). The fourth-order valence-electron chi connectivity index (χ4n) is 1.27. The normalized spacial score (nSPS) is 13.1. The first-order valence-corrected chi connectivity index (χ1v) is 4.70. The summed E-state index contributed by atoms with van der Waals surface area (Å²) in [5, 5.41) is 8.43. The van der Waals surface area contributed by atoms with Crippen LogP contribution in [0.5, 0.6) is 0 Å². The summed E-state index contributed by atoms with van der Waals surface area (Å²) in [6.07, 6.45) is -6.00. The van der Waals surface area contributed by atoms with E-state index >= 15 is 0 Å². The van der Waals surface area contributed by atoms with E-state index in [1.165, 1.54) is 24.3 Å². The maximum atomic E-state index is 12.3.